The van der Waals surface area contributed by atoms with Gasteiger partial charge in [0.1, 0.15) is 23.9 Å². The van der Waals surface area contributed by atoms with Crippen molar-refractivity contribution >= 4 is 17.4 Å². The number of hydrogen-bond donors (Lipinski definition) is 1. The van der Waals surface area contributed by atoms with E-state index < -0.39 is 17.5 Å². The second kappa shape index (κ2) is 10.9. The highest BCUT2D eigenvalue weighted by Crippen LogP contribution is 2.32. The van der Waals surface area contributed by atoms with Crippen molar-refractivity contribution < 1.29 is 17.9 Å². The molecule has 8 nitrogen and oxygen atoms in total. The summed E-state index contributed by atoms with van der Waals surface area (Å²) in [4.78, 5) is 6.25. The summed E-state index contributed by atoms with van der Waals surface area (Å²) in [6.45, 7) is 6.45. The number of halogens is 4. The van der Waals surface area contributed by atoms with Crippen LogP contribution in [0.4, 0.5) is 19.0 Å². The number of nitrogen functional groups attached to an aromatic ring is 1. The van der Waals surface area contributed by atoms with Crippen molar-refractivity contribution in [3.63, 3.8) is 0 Å². The summed E-state index contributed by atoms with van der Waals surface area (Å²) in [6.07, 6.45) is 1.47. The smallest absolute Gasteiger partial charge is 0.202 e. The highest BCUT2D eigenvalue weighted by atomic mass is 35.5. The van der Waals surface area contributed by atoms with Gasteiger partial charge in [0.25, 0.3) is 0 Å². The first-order chi connectivity index (χ1) is 17.3. The number of tetrazole rings is 1. The minimum atomic E-state index is -1.18. The number of pyridine rings is 1. The monoisotopic (exact) mass is 517 g/mol. The Bertz CT molecular complexity index is 1380. The molecule has 0 radical (unpaired) electrons. The van der Waals surface area contributed by atoms with Gasteiger partial charge in [0.15, 0.2) is 17.4 Å². The van der Waals surface area contributed by atoms with E-state index in [-0.39, 0.29) is 40.3 Å². The van der Waals surface area contributed by atoms with Crippen molar-refractivity contribution in [2.75, 3.05) is 32.0 Å². The number of hydrogen-bond acceptors (Lipinski definition) is 7. The molecule has 4 rings (SSSR count). The highest BCUT2D eigenvalue weighted by molar-refractivity contribution is 6.31. The van der Waals surface area contributed by atoms with Gasteiger partial charge in [-0.1, -0.05) is 31.5 Å². The predicted octanol–water partition coefficient (Wildman–Crippen LogP) is 4.76. The molecule has 2 aromatic carbocycles. The van der Waals surface area contributed by atoms with Crippen molar-refractivity contribution in [3.05, 3.63) is 65.1 Å². The average molecular weight is 518 g/mol. The van der Waals surface area contributed by atoms with Crippen molar-refractivity contribution in [2.24, 2.45) is 0 Å². The molecular weight excluding hydrogens is 495 g/mol. The fraction of sp³-hybridized carbons (Fsp3) is 0.250. The minimum absolute atomic E-state index is 0.0311. The van der Waals surface area contributed by atoms with E-state index in [4.69, 9.17) is 22.1 Å². The molecule has 4 aromatic rings. The molecule has 0 unspecified atom stereocenters. The Hall–Kier alpha value is -3.70. The highest BCUT2D eigenvalue weighted by Gasteiger charge is 2.22. The molecule has 2 aromatic heterocycles. The van der Waals surface area contributed by atoms with Gasteiger partial charge in [-0.05, 0) is 59.4 Å². The number of nitrogens with two attached hydrogens (primary N) is 1. The first-order valence-corrected chi connectivity index (χ1v) is 11.5. The topological polar surface area (TPSA) is 95.0 Å². The number of ether oxygens (including phenoxy) is 1. The maximum Gasteiger partial charge on any atom is 0.202 e. The van der Waals surface area contributed by atoms with Gasteiger partial charge < -0.3 is 15.4 Å². The van der Waals surface area contributed by atoms with Crippen LogP contribution in [0.15, 0.2) is 42.6 Å². The molecule has 0 aliphatic carbocycles. The van der Waals surface area contributed by atoms with Gasteiger partial charge in [0, 0.05) is 18.3 Å². The molecule has 0 spiro atoms. The number of anilines is 1. The van der Waals surface area contributed by atoms with Crippen molar-refractivity contribution in [2.45, 2.75) is 13.8 Å². The van der Waals surface area contributed by atoms with E-state index in [1.165, 1.54) is 36.5 Å². The van der Waals surface area contributed by atoms with Gasteiger partial charge in [-0.25, -0.2) is 13.8 Å². The van der Waals surface area contributed by atoms with E-state index in [2.05, 4.69) is 25.4 Å². The molecule has 0 saturated heterocycles. The van der Waals surface area contributed by atoms with Crippen LogP contribution in [0.2, 0.25) is 5.02 Å². The Morgan fingerprint density at radius 3 is 2.53 bits per heavy atom. The summed E-state index contributed by atoms with van der Waals surface area (Å²) in [7, 11) is 0. The van der Waals surface area contributed by atoms with Crippen molar-refractivity contribution in [1.82, 2.24) is 30.1 Å². The molecular formula is C24H23ClF3N7O. The van der Waals surface area contributed by atoms with Gasteiger partial charge in [-0.15, -0.1) is 5.10 Å². The van der Waals surface area contributed by atoms with Gasteiger partial charge in [0.05, 0.1) is 10.6 Å². The minimum Gasteiger partial charge on any atom is -0.489 e. The molecule has 0 saturated carbocycles. The zero-order valence-corrected chi connectivity index (χ0v) is 20.3. The van der Waals surface area contributed by atoms with Crippen LogP contribution in [-0.2, 0) is 0 Å². The van der Waals surface area contributed by atoms with Crippen molar-refractivity contribution in [1.29, 1.82) is 0 Å². The largest absolute Gasteiger partial charge is 0.489 e. The van der Waals surface area contributed by atoms with E-state index >= 15 is 4.39 Å². The van der Waals surface area contributed by atoms with Gasteiger partial charge >= 0.3 is 0 Å². The fourth-order valence-electron chi connectivity index (χ4n) is 3.63. The van der Waals surface area contributed by atoms with Crippen LogP contribution in [0.3, 0.4) is 0 Å². The van der Waals surface area contributed by atoms with Crippen LogP contribution >= 0.6 is 11.6 Å². The maximum atomic E-state index is 15.1. The van der Waals surface area contributed by atoms with Crippen LogP contribution in [0.25, 0.3) is 28.2 Å². The molecule has 0 amide bonds. The lowest BCUT2D eigenvalue weighted by Crippen LogP contribution is -2.28. The third-order valence-electron chi connectivity index (χ3n) is 5.70. The summed E-state index contributed by atoms with van der Waals surface area (Å²) >= 11 is 5.90. The van der Waals surface area contributed by atoms with E-state index in [1.807, 2.05) is 13.8 Å². The molecule has 36 heavy (non-hydrogen) atoms. The van der Waals surface area contributed by atoms with Crippen LogP contribution in [-0.4, -0.2) is 56.3 Å². The Morgan fingerprint density at radius 1 is 1.03 bits per heavy atom. The third-order valence-corrected chi connectivity index (χ3v) is 5.99. The number of benzene rings is 2. The van der Waals surface area contributed by atoms with E-state index in [0.29, 0.717) is 17.7 Å². The maximum absolute atomic E-state index is 15.1. The molecule has 2 heterocycles. The summed E-state index contributed by atoms with van der Waals surface area (Å²) in [5, 5.41) is 11.3. The van der Waals surface area contributed by atoms with Crippen LogP contribution in [0.1, 0.15) is 13.8 Å². The van der Waals surface area contributed by atoms with Crippen LogP contribution in [0.5, 0.6) is 5.75 Å². The van der Waals surface area contributed by atoms with E-state index in [9.17, 15) is 8.78 Å². The molecule has 0 bridgehead atoms. The Labute approximate surface area is 210 Å². The molecule has 0 aliphatic rings. The number of aromatic nitrogens is 5. The zero-order chi connectivity index (χ0) is 25.8. The Morgan fingerprint density at radius 2 is 1.81 bits per heavy atom. The standard InChI is InChI=1S/C24H23ClF3N7O/c1-3-34(4-2)9-10-36-20-8-7-19(21(27)22(20)28)35-24(31-32-33-35)16-11-15(13-30-23(16)29)14-5-6-18(26)17(25)12-14/h5-8,11-13H,3-4,9-10H2,1-2H3,(H2,29,30). The number of likely N-dealkylation sites (N-methyl/N-ethyl adjacent to an activating group) is 1. The first kappa shape index (κ1) is 25.4. The summed E-state index contributed by atoms with van der Waals surface area (Å²) in [5.74, 6) is -3.03. The molecule has 12 heteroatoms. The predicted molar refractivity (Wildman–Crippen MR) is 130 cm³/mol. The first-order valence-electron chi connectivity index (χ1n) is 11.2. The lowest BCUT2D eigenvalue weighted by Gasteiger charge is -2.18. The summed E-state index contributed by atoms with van der Waals surface area (Å²) in [5.41, 5.74) is 7.19. The normalized spacial score (nSPS) is 11.3. The second-order valence-corrected chi connectivity index (χ2v) is 8.19. The zero-order valence-electron chi connectivity index (χ0n) is 19.6. The number of rotatable bonds is 9. The number of nitrogens with zero attached hydrogens (tertiary/aromatic N) is 6. The fourth-order valence-corrected chi connectivity index (χ4v) is 3.81. The van der Waals surface area contributed by atoms with Gasteiger partial charge in [-0.2, -0.15) is 9.07 Å². The molecule has 2 N–H and O–H groups in total. The quantitative estimate of drug-likeness (QED) is 0.342. The molecule has 0 aliphatic heterocycles. The van der Waals surface area contributed by atoms with Crippen molar-refractivity contribution in [3.8, 4) is 34.0 Å². The molecule has 188 valence electrons. The SMILES string of the molecule is CCN(CC)CCOc1ccc(-n2nnnc2-c2cc(-c3ccc(F)c(Cl)c3)cnc2N)c(F)c1F. The van der Waals surface area contributed by atoms with Crippen LogP contribution in [0, 0.1) is 17.5 Å². The van der Waals surface area contributed by atoms with Crippen LogP contribution < -0.4 is 10.5 Å². The lowest BCUT2D eigenvalue weighted by molar-refractivity contribution is 0.215. The average Bonchev–Trinajstić information content (AvgIpc) is 3.36. The molecule has 0 fully saturated rings. The summed E-state index contributed by atoms with van der Waals surface area (Å²) in [6, 6.07) is 8.42. The second-order valence-electron chi connectivity index (χ2n) is 7.79. The van der Waals surface area contributed by atoms with E-state index in [1.54, 1.807) is 6.07 Å². The summed E-state index contributed by atoms with van der Waals surface area (Å²) < 4.78 is 50.0. The lowest BCUT2D eigenvalue weighted by atomic mass is 10.0. The van der Waals surface area contributed by atoms with Gasteiger partial charge in [-0.3, -0.25) is 0 Å². The van der Waals surface area contributed by atoms with Gasteiger partial charge in [0.2, 0.25) is 5.82 Å². The Balaban J connectivity index is 1.66. The Kier molecular flexibility index (Phi) is 7.70. The third kappa shape index (κ3) is 5.12. The molecule has 0 atom stereocenters. The van der Waals surface area contributed by atoms with E-state index in [0.717, 1.165) is 17.8 Å².